The van der Waals surface area contributed by atoms with Crippen LogP contribution in [0, 0.1) is 0 Å². The van der Waals surface area contributed by atoms with E-state index in [4.69, 9.17) is 5.73 Å². The molecule has 0 saturated heterocycles. The smallest absolute Gasteiger partial charge is 0.337 e. The van der Waals surface area contributed by atoms with E-state index in [1.165, 1.54) is 12.1 Å². The van der Waals surface area contributed by atoms with Crippen LogP contribution in [0.5, 0.6) is 0 Å². The lowest BCUT2D eigenvalue weighted by atomic mass is 9.72. The van der Waals surface area contributed by atoms with Gasteiger partial charge in [0.1, 0.15) is 0 Å². The second kappa shape index (κ2) is 7.26. The predicted molar refractivity (Wildman–Crippen MR) is 117 cm³/mol. The number of fused-ring (bicyclic) bond motifs is 1. The molecule has 1 heterocycles. The van der Waals surface area contributed by atoms with E-state index >= 15 is 0 Å². The standard InChI is InChI=1S/C25H22N2O3/c1-25(2)12-11-16(21-8-3-4-13-27-21)19-14-15(9-10-20(19)25)23(28)17-6-5-7-18(22(17)26)24(29)30/h3-11,13-14H,12,26H2,1-2H3,(H,29,30). The Morgan fingerprint density at radius 3 is 2.50 bits per heavy atom. The average molecular weight is 398 g/mol. The summed E-state index contributed by atoms with van der Waals surface area (Å²) < 4.78 is 0. The first-order chi connectivity index (χ1) is 14.3. The van der Waals surface area contributed by atoms with Crippen LogP contribution in [0.4, 0.5) is 5.69 Å². The number of allylic oxidation sites excluding steroid dienone is 1. The van der Waals surface area contributed by atoms with Gasteiger partial charge in [-0.25, -0.2) is 4.79 Å². The number of anilines is 1. The highest BCUT2D eigenvalue weighted by Gasteiger charge is 2.30. The number of nitrogens with two attached hydrogens (primary N) is 1. The van der Waals surface area contributed by atoms with E-state index in [0.717, 1.165) is 28.8 Å². The zero-order valence-corrected chi connectivity index (χ0v) is 16.8. The van der Waals surface area contributed by atoms with Gasteiger partial charge in [-0.3, -0.25) is 9.78 Å². The molecule has 5 nitrogen and oxygen atoms in total. The second-order valence-corrected chi connectivity index (χ2v) is 8.08. The number of carbonyl (C=O) groups is 2. The van der Waals surface area contributed by atoms with Crippen LogP contribution in [0.1, 0.15) is 63.4 Å². The monoisotopic (exact) mass is 398 g/mol. The molecule has 0 aliphatic heterocycles. The lowest BCUT2D eigenvalue weighted by Gasteiger charge is -2.32. The number of aromatic nitrogens is 1. The first-order valence-electron chi connectivity index (χ1n) is 9.72. The summed E-state index contributed by atoms with van der Waals surface area (Å²) in [6.45, 7) is 4.35. The Bertz CT molecular complexity index is 1190. The topological polar surface area (TPSA) is 93.3 Å². The lowest BCUT2D eigenvalue weighted by molar-refractivity contribution is 0.0698. The van der Waals surface area contributed by atoms with Crippen molar-refractivity contribution in [1.82, 2.24) is 4.98 Å². The Balaban J connectivity index is 1.84. The second-order valence-electron chi connectivity index (χ2n) is 8.08. The fourth-order valence-corrected chi connectivity index (χ4v) is 3.95. The van der Waals surface area contributed by atoms with Crippen molar-refractivity contribution in [3.8, 4) is 0 Å². The minimum Gasteiger partial charge on any atom is -0.478 e. The van der Waals surface area contributed by atoms with Gasteiger partial charge in [0.05, 0.1) is 16.9 Å². The van der Waals surface area contributed by atoms with Crippen molar-refractivity contribution in [2.24, 2.45) is 0 Å². The fourth-order valence-electron chi connectivity index (χ4n) is 3.95. The van der Waals surface area contributed by atoms with Crippen LogP contribution in [0.15, 0.2) is 66.9 Å². The Morgan fingerprint density at radius 1 is 1.03 bits per heavy atom. The molecule has 0 spiro atoms. The maximum absolute atomic E-state index is 13.2. The molecule has 4 rings (SSSR count). The SMILES string of the molecule is CC1(C)CC=C(c2ccccn2)c2cc(C(=O)c3cccc(C(=O)O)c3N)ccc21. The summed E-state index contributed by atoms with van der Waals surface area (Å²) in [5, 5.41) is 9.31. The van der Waals surface area contributed by atoms with Gasteiger partial charge in [-0.2, -0.15) is 0 Å². The number of benzene rings is 2. The molecule has 1 aliphatic carbocycles. The summed E-state index contributed by atoms with van der Waals surface area (Å²) in [4.78, 5) is 29.1. The number of nitrogens with zero attached hydrogens (tertiary/aromatic N) is 1. The number of carbonyl (C=O) groups excluding carboxylic acids is 1. The van der Waals surface area contributed by atoms with Crippen LogP contribution in [-0.2, 0) is 5.41 Å². The predicted octanol–water partition coefficient (Wildman–Crippen LogP) is 4.71. The first kappa shape index (κ1) is 19.6. The minimum absolute atomic E-state index is 0.0199. The molecule has 0 atom stereocenters. The van der Waals surface area contributed by atoms with E-state index in [1.54, 1.807) is 18.3 Å². The summed E-state index contributed by atoms with van der Waals surface area (Å²) in [5.74, 6) is -1.46. The van der Waals surface area contributed by atoms with Crippen molar-refractivity contribution in [2.45, 2.75) is 25.7 Å². The molecule has 5 heteroatoms. The average Bonchev–Trinajstić information content (AvgIpc) is 2.73. The van der Waals surface area contributed by atoms with Crippen molar-refractivity contribution in [3.05, 3.63) is 100 Å². The fraction of sp³-hybridized carbons (Fsp3) is 0.160. The van der Waals surface area contributed by atoms with Crippen molar-refractivity contribution < 1.29 is 14.7 Å². The lowest BCUT2D eigenvalue weighted by Crippen LogP contribution is -2.22. The molecule has 2 aromatic carbocycles. The summed E-state index contributed by atoms with van der Waals surface area (Å²) in [6.07, 6.45) is 4.79. The molecule has 30 heavy (non-hydrogen) atoms. The Hall–Kier alpha value is -3.73. The molecule has 0 bridgehead atoms. The van der Waals surface area contributed by atoms with Gasteiger partial charge in [-0.05, 0) is 53.3 Å². The Labute approximate surface area is 174 Å². The molecule has 0 unspecified atom stereocenters. The van der Waals surface area contributed by atoms with Gasteiger partial charge in [-0.15, -0.1) is 0 Å². The third-order valence-electron chi connectivity index (χ3n) is 5.64. The molecule has 150 valence electrons. The van der Waals surface area contributed by atoms with Gasteiger partial charge in [0, 0.05) is 22.9 Å². The van der Waals surface area contributed by atoms with Crippen LogP contribution < -0.4 is 5.73 Å². The van der Waals surface area contributed by atoms with Gasteiger partial charge in [0.15, 0.2) is 5.78 Å². The third kappa shape index (κ3) is 3.28. The Morgan fingerprint density at radius 2 is 1.80 bits per heavy atom. The van der Waals surface area contributed by atoms with Crippen LogP contribution in [0.3, 0.4) is 0 Å². The van der Waals surface area contributed by atoms with Crippen LogP contribution in [0.25, 0.3) is 5.57 Å². The van der Waals surface area contributed by atoms with Crippen molar-refractivity contribution >= 4 is 23.0 Å². The molecule has 0 fully saturated rings. The van der Waals surface area contributed by atoms with E-state index in [1.807, 2.05) is 30.3 Å². The molecular formula is C25H22N2O3. The molecule has 0 saturated carbocycles. The molecule has 0 radical (unpaired) electrons. The van der Waals surface area contributed by atoms with Crippen molar-refractivity contribution in [1.29, 1.82) is 0 Å². The molecule has 3 aromatic rings. The molecule has 1 aromatic heterocycles. The number of aromatic carboxylic acids is 1. The zero-order valence-electron chi connectivity index (χ0n) is 16.8. The number of para-hydroxylation sites is 1. The van der Waals surface area contributed by atoms with Gasteiger partial charge < -0.3 is 10.8 Å². The number of hydrogen-bond donors (Lipinski definition) is 2. The number of pyridine rings is 1. The number of ketones is 1. The van der Waals surface area contributed by atoms with E-state index in [-0.39, 0.29) is 28.0 Å². The normalized spacial score (nSPS) is 14.5. The van der Waals surface area contributed by atoms with Crippen LogP contribution in [-0.4, -0.2) is 21.8 Å². The van der Waals surface area contributed by atoms with Gasteiger partial charge >= 0.3 is 5.97 Å². The summed E-state index contributed by atoms with van der Waals surface area (Å²) in [7, 11) is 0. The summed E-state index contributed by atoms with van der Waals surface area (Å²) in [5.41, 5.74) is 10.4. The largest absolute Gasteiger partial charge is 0.478 e. The van der Waals surface area contributed by atoms with Crippen molar-refractivity contribution in [3.63, 3.8) is 0 Å². The van der Waals surface area contributed by atoms with E-state index in [2.05, 4.69) is 24.9 Å². The highest BCUT2D eigenvalue weighted by molar-refractivity contribution is 6.14. The van der Waals surface area contributed by atoms with E-state index in [9.17, 15) is 14.7 Å². The number of nitrogen functional groups attached to an aromatic ring is 1. The van der Waals surface area contributed by atoms with Gasteiger partial charge in [0.25, 0.3) is 0 Å². The maximum Gasteiger partial charge on any atom is 0.337 e. The van der Waals surface area contributed by atoms with E-state index < -0.39 is 5.97 Å². The van der Waals surface area contributed by atoms with Crippen molar-refractivity contribution in [2.75, 3.05) is 5.73 Å². The highest BCUT2D eigenvalue weighted by Crippen LogP contribution is 2.41. The van der Waals surface area contributed by atoms with Gasteiger partial charge in [0.2, 0.25) is 0 Å². The molecule has 1 aliphatic rings. The molecule has 3 N–H and O–H groups in total. The number of hydrogen-bond acceptors (Lipinski definition) is 4. The van der Waals surface area contributed by atoms with Crippen LogP contribution in [0.2, 0.25) is 0 Å². The summed E-state index contributed by atoms with van der Waals surface area (Å²) >= 11 is 0. The van der Waals surface area contributed by atoms with Crippen LogP contribution >= 0.6 is 0 Å². The quantitative estimate of drug-likeness (QED) is 0.490. The maximum atomic E-state index is 13.2. The minimum atomic E-state index is -1.16. The zero-order chi connectivity index (χ0) is 21.5. The van der Waals surface area contributed by atoms with E-state index in [0.29, 0.717) is 5.56 Å². The number of rotatable bonds is 4. The first-order valence-corrected chi connectivity index (χ1v) is 9.72. The van der Waals surface area contributed by atoms with Gasteiger partial charge in [-0.1, -0.05) is 44.2 Å². The molecular weight excluding hydrogens is 376 g/mol. The molecule has 0 amide bonds. The Kier molecular flexibility index (Phi) is 4.74. The number of carboxylic acid groups (broad SMARTS) is 1. The summed E-state index contributed by atoms with van der Waals surface area (Å²) in [6, 6.07) is 15.9. The number of carboxylic acids is 1. The third-order valence-corrected chi connectivity index (χ3v) is 5.64. The highest BCUT2D eigenvalue weighted by atomic mass is 16.4.